The Kier molecular flexibility index (Phi) is 6.56. The summed E-state index contributed by atoms with van der Waals surface area (Å²) in [5.41, 5.74) is 0.458. The highest BCUT2D eigenvalue weighted by atomic mass is 32.1. The highest BCUT2D eigenvalue weighted by Gasteiger charge is 2.32. The van der Waals surface area contributed by atoms with Gasteiger partial charge in [-0.05, 0) is 23.6 Å². The Balaban J connectivity index is 1.65. The molecule has 3 rings (SSSR count). The van der Waals surface area contributed by atoms with Gasteiger partial charge in [-0.3, -0.25) is 9.59 Å². The average molecular weight is 437 g/mol. The molecule has 6 nitrogen and oxygen atoms in total. The number of thiophene rings is 1. The van der Waals surface area contributed by atoms with Crippen molar-refractivity contribution >= 4 is 17.2 Å². The number of halogens is 3. The van der Waals surface area contributed by atoms with Gasteiger partial charge in [-0.1, -0.05) is 31.2 Å². The maximum Gasteiger partial charge on any atom is 0.573 e. The first-order valence-corrected chi connectivity index (χ1v) is 9.84. The van der Waals surface area contributed by atoms with Gasteiger partial charge < -0.3 is 10.1 Å². The zero-order valence-electron chi connectivity index (χ0n) is 15.8. The number of ether oxygens (including phenoxy) is 1. The molecular weight excluding hydrogens is 419 g/mol. The van der Waals surface area contributed by atoms with E-state index >= 15 is 0 Å². The van der Waals surface area contributed by atoms with Gasteiger partial charge in [0, 0.05) is 18.2 Å². The second kappa shape index (κ2) is 9.12. The first kappa shape index (κ1) is 21.6. The van der Waals surface area contributed by atoms with E-state index in [1.165, 1.54) is 40.3 Å². The van der Waals surface area contributed by atoms with Crippen LogP contribution in [0.5, 0.6) is 5.75 Å². The highest BCUT2D eigenvalue weighted by molar-refractivity contribution is 7.13. The normalized spacial score (nSPS) is 12.4. The molecule has 1 amide bonds. The molecule has 3 aromatic rings. The summed E-state index contributed by atoms with van der Waals surface area (Å²) < 4.78 is 42.7. The monoisotopic (exact) mass is 437 g/mol. The SMILES string of the molecule is C[C@@H](Cn1nc(-c2cccs2)ccc1=O)C(=O)NCc1ccccc1OC(F)(F)F. The number of carbonyl (C=O) groups excluding carboxylic acids is 1. The minimum atomic E-state index is -4.83. The molecule has 2 heterocycles. The van der Waals surface area contributed by atoms with Crippen LogP contribution in [-0.4, -0.2) is 22.1 Å². The predicted octanol–water partition coefficient (Wildman–Crippen LogP) is 3.82. The van der Waals surface area contributed by atoms with Crippen molar-refractivity contribution in [1.82, 2.24) is 15.1 Å². The van der Waals surface area contributed by atoms with Crippen molar-refractivity contribution in [2.75, 3.05) is 0 Å². The van der Waals surface area contributed by atoms with Crippen molar-refractivity contribution in [3.63, 3.8) is 0 Å². The molecule has 0 aliphatic carbocycles. The third-order valence-electron chi connectivity index (χ3n) is 4.19. The van der Waals surface area contributed by atoms with E-state index in [4.69, 9.17) is 0 Å². The molecule has 0 saturated heterocycles. The van der Waals surface area contributed by atoms with Crippen LogP contribution < -0.4 is 15.6 Å². The van der Waals surface area contributed by atoms with Crippen LogP contribution >= 0.6 is 11.3 Å². The minimum absolute atomic E-state index is 0.0323. The first-order chi connectivity index (χ1) is 14.2. The largest absolute Gasteiger partial charge is 0.573 e. The fourth-order valence-corrected chi connectivity index (χ4v) is 3.40. The lowest BCUT2D eigenvalue weighted by atomic mass is 10.1. The topological polar surface area (TPSA) is 73.2 Å². The van der Waals surface area contributed by atoms with Crippen LogP contribution in [0, 0.1) is 5.92 Å². The third kappa shape index (κ3) is 5.69. The Hall–Kier alpha value is -3.14. The van der Waals surface area contributed by atoms with Crippen LogP contribution in [0.25, 0.3) is 10.6 Å². The molecular formula is C20H18F3N3O3S. The smallest absolute Gasteiger partial charge is 0.405 e. The number of aromatic nitrogens is 2. The fourth-order valence-electron chi connectivity index (χ4n) is 2.71. The zero-order chi connectivity index (χ0) is 21.7. The summed E-state index contributed by atoms with van der Waals surface area (Å²) in [6.07, 6.45) is -4.83. The van der Waals surface area contributed by atoms with Crippen LogP contribution in [0.2, 0.25) is 0 Å². The van der Waals surface area contributed by atoms with Gasteiger partial charge >= 0.3 is 6.36 Å². The summed E-state index contributed by atoms with van der Waals surface area (Å²) in [6, 6.07) is 12.3. The van der Waals surface area contributed by atoms with E-state index in [0.717, 1.165) is 4.88 Å². The van der Waals surface area contributed by atoms with Gasteiger partial charge in [0.2, 0.25) is 5.91 Å². The van der Waals surface area contributed by atoms with Crippen molar-refractivity contribution in [2.24, 2.45) is 5.92 Å². The second-order valence-electron chi connectivity index (χ2n) is 6.49. The summed E-state index contributed by atoms with van der Waals surface area (Å²) in [6.45, 7) is 1.50. The predicted molar refractivity (Wildman–Crippen MR) is 106 cm³/mol. The summed E-state index contributed by atoms with van der Waals surface area (Å²) in [5, 5.41) is 8.77. The maximum atomic E-state index is 12.5. The van der Waals surface area contributed by atoms with Crippen LogP contribution in [-0.2, 0) is 17.9 Å². The summed E-state index contributed by atoms with van der Waals surface area (Å²) in [4.78, 5) is 25.4. The Morgan fingerprint density at radius 1 is 1.20 bits per heavy atom. The molecule has 1 aromatic carbocycles. The van der Waals surface area contributed by atoms with E-state index in [-0.39, 0.29) is 30.0 Å². The quantitative estimate of drug-likeness (QED) is 0.610. The van der Waals surface area contributed by atoms with Crippen molar-refractivity contribution in [3.8, 4) is 16.3 Å². The van der Waals surface area contributed by atoms with E-state index in [1.54, 1.807) is 19.1 Å². The molecule has 0 aliphatic heterocycles. The fraction of sp³-hybridized carbons (Fsp3) is 0.250. The van der Waals surface area contributed by atoms with E-state index < -0.39 is 18.2 Å². The number of hydrogen-bond acceptors (Lipinski definition) is 5. The number of alkyl halides is 3. The number of nitrogens with one attached hydrogen (secondary N) is 1. The van der Waals surface area contributed by atoms with E-state index in [9.17, 15) is 22.8 Å². The van der Waals surface area contributed by atoms with Gasteiger partial charge in [-0.2, -0.15) is 5.10 Å². The number of carbonyl (C=O) groups is 1. The zero-order valence-corrected chi connectivity index (χ0v) is 16.7. The van der Waals surface area contributed by atoms with E-state index in [1.807, 2.05) is 17.5 Å². The van der Waals surface area contributed by atoms with Crippen LogP contribution in [0.3, 0.4) is 0 Å². The van der Waals surface area contributed by atoms with Crippen LogP contribution in [0.1, 0.15) is 12.5 Å². The molecule has 2 aromatic heterocycles. The lowest BCUT2D eigenvalue weighted by molar-refractivity contribution is -0.274. The average Bonchev–Trinajstić information content (AvgIpc) is 3.22. The van der Waals surface area contributed by atoms with Crippen molar-refractivity contribution in [3.05, 3.63) is 69.8 Å². The maximum absolute atomic E-state index is 12.5. The Labute approximate surface area is 173 Å². The number of benzene rings is 1. The van der Waals surface area contributed by atoms with E-state index in [2.05, 4.69) is 15.2 Å². The summed E-state index contributed by atoms with van der Waals surface area (Å²) in [5.74, 6) is -1.43. The lowest BCUT2D eigenvalue weighted by Crippen LogP contribution is -2.34. The third-order valence-corrected chi connectivity index (χ3v) is 5.08. The van der Waals surface area contributed by atoms with Gasteiger partial charge in [0.15, 0.2) is 0 Å². The summed E-state index contributed by atoms with van der Waals surface area (Å²) >= 11 is 1.48. The van der Waals surface area contributed by atoms with E-state index in [0.29, 0.717) is 5.69 Å². The molecule has 0 unspecified atom stereocenters. The molecule has 30 heavy (non-hydrogen) atoms. The highest BCUT2D eigenvalue weighted by Crippen LogP contribution is 2.26. The first-order valence-electron chi connectivity index (χ1n) is 8.96. The number of hydrogen-bond donors (Lipinski definition) is 1. The van der Waals surface area contributed by atoms with Crippen molar-refractivity contribution in [1.29, 1.82) is 0 Å². The number of para-hydroxylation sites is 1. The van der Waals surface area contributed by atoms with Gasteiger partial charge in [0.05, 0.1) is 17.3 Å². The van der Waals surface area contributed by atoms with Gasteiger partial charge in [-0.25, -0.2) is 4.68 Å². The van der Waals surface area contributed by atoms with Crippen molar-refractivity contribution < 1.29 is 22.7 Å². The Morgan fingerprint density at radius 3 is 2.67 bits per heavy atom. The molecule has 0 radical (unpaired) electrons. The van der Waals surface area contributed by atoms with Crippen molar-refractivity contribution in [2.45, 2.75) is 26.4 Å². The molecule has 0 aliphatic rings. The van der Waals surface area contributed by atoms with Gasteiger partial charge in [0.1, 0.15) is 11.4 Å². The Morgan fingerprint density at radius 2 is 1.97 bits per heavy atom. The summed E-state index contributed by atoms with van der Waals surface area (Å²) in [7, 11) is 0. The minimum Gasteiger partial charge on any atom is -0.405 e. The number of nitrogens with zero attached hydrogens (tertiary/aromatic N) is 2. The van der Waals surface area contributed by atoms with Crippen LogP contribution in [0.4, 0.5) is 13.2 Å². The lowest BCUT2D eigenvalue weighted by Gasteiger charge is -2.16. The van der Waals surface area contributed by atoms with Gasteiger partial charge in [-0.15, -0.1) is 24.5 Å². The number of rotatable bonds is 7. The second-order valence-corrected chi connectivity index (χ2v) is 7.44. The molecule has 158 valence electrons. The Bertz CT molecular complexity index is 1060. The molecule has 0 fully saturated rings. The molecule has 1 N–H and O–H groups in total. The standard InChI is InChI=1S/C20H18F3N3O3S/c1-13(12-26-18(27)9-8-15(25-26)17-7-4-10-30-17)19(28)24-11-14-5-2-3-6-16(14)29-20(21,22)23/h2-10,13H,11-12H2,1H3,(H,24,28)/t13-/m0/s1. The molecule has 0 spiro atoms. The molecule has 0 bridgehead atoms. The number of amides is 1. The molecule has 1 atom stereocenters. The van der Waals surface area contributed by atoms with Crippen LogP contribution in [0.15, 0.2) is 58.7 Å². The molecule has 0 saturated carbocycles. The molecule has 10 heteroatoms. The van der Waals surface area contributed by atoms with Gasteiger partial charge in [0.25, 0.3) is 5.56 Å².